The van der Waals surface area contributed by atoms with Crippen molar-refractivity contribution in [2.45, 2.75) is 25.8 Å². The first kappa shape index (κ1) is 12.8. The van der Waals surface area contributed by atoms with E-state index in [0.717, 1.165) is 23.5 Å². The molecule has 0 amide bonds. The van der Waals surface area contributed by atoms with Crippen LogP contribution >= 0.6 is 22.7 Å². The summed E-state index contributed by atoms with van der Waals surface area (Å²) < 4.78 is 1.34. The zero-order chi connectivity index (χ0) is 13.2. The Bertz CT molecular complexity index is 684. The monoisotopic (exact) mass is 288 g/mol. The van der Waals surface area contributed by atoms with Crippen molar-refractivity contribution in [1.29, 1.82) is 0 Å². The molecule has 0 radical (unpaired) electrons. The molecule has 2 aromatic heterocycles. The fourth-order valence-corrected chi connectivity index (χ4v) is 4.11. The maximum Gasteiger partial charge on any atom is 0.0943 e. The molecule has 0 fully saturated rings. The van der Waals surface area contributed by atoms with Crippen LogP contribution in [0, 0.1) is 6.92 Å². The number of aromatic nitrogens is 1. The van der Waals surface area contributed by atoms with Crippen LogP contribution in [0.4, 0.5) is 0 Å². The number of nitrogens with zero attached hydrogens (tertiary/aromatic N) is 1. The van der Waals surface area contributed by atoms with Crippen LogP contribution in [0.3, 0.4) is 0 Å². The van der Waals surface area contributed by atoms with Gasteiger partial charge in [-0.3, -0.25) is 0 Å². The van der Waals surface area contributed by atoms with Crippen LogP contribution in [0.2, 0.25) is 0 Å². The SMILES string of the molecule is Cc1csc(CC(N)Cc2csc3ccccc23)n1. The van der Waals surface area contributed by atoms with Crippen molar-refractivity contribution >= 4 is 32.8 Å². The molecule has 0 aliphatic heterocycles. The number of benzene rings is 1. The summed E-state index contributed by atoms with van der Waals surface area (Å²) in [6, 6.07) is 8.67. The van der Waals surface area contributed by atoms with Crippen molar-refractivity contribution in [3.8, 4) is 0 Å². The molecule has 3 aromatic rings. The topological polar surface area (TPSA) is 38.9 Å². The third-order valence-corrected chi connectivity index (χ3v) is 5.15. The summed E-state index contributed by atoms with van der Waals surface area (Å²) in [6.45, 7) is 2.03. The Kier molecular flexibility index (Phi) is 3.64. The smallest absolute Gasteiger partial charge is 0.0943 e. The van der Waals surface area contributed by atoms with Gasteiger partial charge in [-0.25, -0.2) is 4.98 Å². The van der Waals surface area contributed by atoms with E-state index in [2.05, 4.69) is 40.0 Å². The summed E-state index contributed by atoms with van der Waals surface area (Å²) >= 11 is 3.50. The molecule has 98 valence electrons. The van der Waals surface area contributed by atoms with E-state index < -0.39 is 0 Å². The summed E-state index contributed by atoms with van der Waals surface area (Å²) in [5.41, 5.74) is 8.72. The van der Waals surface area contributed by atoms with Crippen molar-refractivity contribution in [3.05, 3.63) is 51.3 Å². The largest absolute Gasteiger partial charge is 0.327 e. The van der Waals surface area contributed by atoms with Crippen molar-refractivity contribution in [2.75, 3.05) is 0 Å². The van der Waals surface area contributed by atoms with Crippen molar-refractivity contribution in [2.24, 2.45) is 5.73 Å². The predicted octanol–water partition coefficient (Wildman–Crippen LogP) is 3.78. The molecule has 0 saturated carbocycles. The predicted molar refractivity (Wildman–Crippen MR) is 84.1 cm³/mol. The zero-order valence-corrected chi connectivity index (χ0v) is 12.4. The van der Waals surface area contributed by atoms with E-state index in [-0.39, 0.29) is 6.04 Å². The first-order valence-electron chi connectivity index (χ1n) is 6.34. The van der Waals surface area contributed by atoms with E-state index in [1.54, 1.807) is 22.7 Å². The van der Waals surface area contributed by atoms with Gasteiger partial charge < -0.3 is 5.73 Å². The Morgan fingerprint density at radius 2 is 2.00 bits per heavy atom. The van der Waals surface area contributed by atoms with E-state index in [1.165, 1.54) is 15.6 Å². The quantitative estimate of drug-likeness (QED) is 0.793. The minimum Gasteiger partial charge on any atom is -0.327 e. The molecule has 1 aromatic carbocycles. The van der Waals surface area contributed by atoms with Crippen LogP contribution in [0.15, 0.2) is 35.0 Å². The highest BCUT2D eigenvalue weighted by molar-refractivity contribution is 7.17. The lowest BCUT2D eigenvalue weighted by molar-refractivity contribution is 0.665. The molecule has 0 spiro atoms. The summed E-state index contributed by atoms with van der Waals surface area (Å²) in [4.78, 5) is 4.48. The molecular weight excluding hydrogens is 272 g/mol. The normalized spacial score (nSPS) is 12.9. The molecule has 0 bridgehead atoms. The molecule has 3 rings (SSSR count). The Morgan fingerprint density at radius 3 is 2.79 bits per heavy atom. The molecule has 2 N–H and O–H groups in total. The summed E-state index contributed by atoms with van der Waals surface area (Å²) in [7, 11) is 0. The molecule has 0 saturated heterocycles. The molecule has 0 aliphatic rings. The maximum absolute atomic E-state index is 6.27. The lowest BCUT2D eigenvalue weighted by Crippen LogP contribution is -2.25. The summed E-state index contributed by atoms with van der Waals surface area (Å²) in [5, 5.41) is 6.81. The van der Waals surface area contributed by atoms with Crippen LogP contribution in [0.5, 0.6) is 0 Å². The van der Waals surface area contributed by atoms with Gasteiger partial charge in [-0.2, -0.15) is 0 Å². The van der Waals surface area contributed by atoms with Gasteiger partial charge in [0.25, 0.3) is 0 Å². The van der Waals surface area contributed by atoms with Gasteiger partial charge >= 0.3 is 0 Å². The first-order valence-corrected chi connectivity index (χ1v) is 8.10. The number of thiazole rings is 1. The number of nitrogens with two attached hydrogens (primary N) is 1. The number of hydrogen-bond donors (Lipinski definition) is 1. The molecule has 0 aliphatic carbocycles. The second-order valence-corrected chi connectivity index (χ2v) is 6.66. The Balaban J connectivity index is 1.74. The molecule has 2 heterocycles. The standard InChI is InChI=1S/C15H16N2S2/c1-10-8-19-15(17-10)7-12(16)6-11-9-18-14-5-3-2-4-13(11)14/h2-5,8-9,12H,6-7,16H2,1H3. The number of rotatable bonds is 4. The molecule has 19 heavy (non-hydrogen) atoms. The highest BCUT2D eigenvalue weighted by Crippen LogP contribution is 2.26. The van der Waals surface area contributed by atoms with Gasteiger partial charge in [0.05, 0.1) is 5.01 Å². The third kappa shape index (κ3) is 2.86. The van der Waals surface area contributed by atoms with Crippen LogP contribution in [0.1, 0.15) is 16.3 Å². The molecule has 1 unspecified atom stereocenters. The fraction of sp³-hybridized carbons (Fsp3) is 0.267. The van der Waals surface area contributed by atoms with E-state index in [0.29, 0.717) is 0 Å². The van der Waals surface area contributed by atoms with Crippen LogP contribution < -0.4 is 5.73 Å². The Labute approximate surface area is 120 Å². The van der Waals surface area contributed by atoms with Crippen LogP contribution in [-0.2, 0) is 12.8 Å². The summed E-state index contributed by atoms with van der Waals surface area (Å²) in [5.74, 6) is 0. The molecule has 1 atom stereocenters. The third-order valence-electron chi connectivity index (χ3n) is 3.15. The van der Waals surface area contributed by atoms with Gasteiger partial charge in [-0.05, 0) is 35.7 Å². The second kappa shape index (κ2) is 5.41. The summed E-state index contributed by atoms with van der Waals surface area (Å²) in [6.07, 6.45) is 1.78. The lowest BCUT2D eigenvalue weighted by Gasteiger charge is -2.09. The van der Waals surface area contributed by atoms with Crippen molar-refractivity contribution in [1.82, 2.24) is 4.98 Å². The van der Waals surface area contributed by atoms with Crippen LogP contribution in [-0.4, -0.2) is 11.0 Å². The maximum atomic E-state index is 6.27. The van der Waals surface area contributed by atoms with Crippen molar-refractivity contribution < 1.29 is 0 Å². The van der Waals surface area contributed by atoms with E-state index in [4.69, 9.17) is 5.73 Å². The number of aryl methyl sites for hydroxylation is 1. The highest BCUT2D eigenvalue weighted by atomic mass is 32.1. The Hall–Kier alpha value is -1.23. The van der Waals surface area contributed by atoms with Gasteiger partial charge in [0.15, 0.2) is 0 Å². The van der Waals surface area contributed by atoms with Gasteiger partial charge in [-0.1, -0.05) is 18.2 Å². The molecule has 4 heteroatoms. The molecular formula is C15H16N2S2. The Morgan fingerprint density at radius 1 is 1.16 bits per heavy atom. The first-order chi connectivity index (χ1) is 9.22. The number of thiophene rings is 1. The highest BCUT2D eigenvalue weighted by Gasteiger charge is 2.11. The van der Waals surface area contributed by atoms with Gasteiger partial charge in [0.2, 0.25) is 0 Å². The minimum absolute atomic E-state index is 0.142. The number of fused-ring (bicyclic) bond motifs is 1. The minimum atomic E-state index is 0.142. The van der Waals surface area contributed by atoms with Gasteiger partial charge in [0, 0.05) is 28.2 Å². The lowest BCUT2D eigenvalue weighted by atomic mass is 10.0. The number of hydrogen-bond acceptors (Lipinski definition) is 4. The van der Waals surface area contributed by atoms with Crippen molar-refractivity contribution in [3.63, 3.8) is 0 Å². The van der Waals surface area contributed by atoms with E-state index >= 15 is 0 Å². The average molecular weight is 288 g/mol. The van der Waals surface area contributed by atoms with E-state index in [1.807, 2.05) is 6.92 Å². The van der Waals surface area contributed by atoms with E-state index in [9.17, 15) is 0 Å². The van der Waals surface area contributed by atoms with Gasteiger partial charge in [0.1, 0.15) is 0 Å². The molecule has 2 nitrogen and oxygen atoms in total. The van der Waals surface area contributed by atoms with Gasteiger partial charge in [-0.15, -0.1) is 22.7 Å². The second-order valence-electron chi connectivity index (χ2n) is 4.81. The average Bonchev–Trinajstić information content (AvgIpc) is 2.97. The fourth-order valence-electron chi connectivity index (χ4n) is 2.27. The van der Waals surface area contributed by atoms with Crippen LogP contribution in [0.25, 0.3) is 10.1 Å². The zero-order valence-electron chi connectivity index (χ0n) is 10.8.